The number of rotatable bonds is 8. The lowest BCUT2D eigenvalue weighted by Crippen LogP contribution is -2.34. The number of nitrogen functional groups attached to an aromatic ring is 1. The van der Waals surface area contributed by atoms with Crippen molar-refractivity contribution in [1.82, 2.24) is 9.97 Å². The van der Waals surface area contributed by atoms with E-state index in [0.29, 0.717) is 0 Å². The van der Waals surface area contributed by atoms with E-state index in [1.54, 1.807) is 0 Å². The highest BCUT2D eigenvalue weighted by atomic mass is 31.3. The van der Waals surface area contributed by atoms with E-state index in [1.807, 2.05) is 0 Å². The van der Waals surface area contributed by atoms with E-state index in [0.717, 1.165) is 0 Å². The summed E-state index contributed by atoms with van der Waals surface area (Å²) in [4.78, 5) is 51.0. The molecule has 19 nitrogen and oxygen atoms in total. The number of carbonyl (C=O) groups excluding carboxylic acids is 1. The Labute approximate surface area is 172 Å². The van der Waals surface area contributed by atoms with Gasteiger partial charge in [-0.2, -0.15) is 8.62 Å². The van der Waals surface area contributed by atoms with Crippen LogP contribution >= 0.6 is 23.5 Å². The Morgan fingerprint density at radius 1 is 1.10 bits per heavy atom. The van der Waals surface area contributed by atoms with Crippen LogP contribution in [-0.4, -0.2) is 82.0 Å². The van der Waals surface area contributed by atoms with Gasteiger partial charge >= 0.3 is 23.5 Å². The zero-order chi connectivity index (χ0) is 24.2. The first kappa shape index (κ1) is 27.8. The molecule has 0 aliphatic carbocycles. The van der Waals surface area contributed by atoms with Gasteiger partial charge in [-0.15, -0.1) is 0 Å². The zero-order valence-electron chi connectivity index (χ0n) is 14.9. The molecule has 1 aliphatic rings. The van der Waals surface area contributed by atoms with Crippen LogP contribution in [0.5, 0.6) is 0 Å². The van der Waals surface area contributed by atoms with Crippen molar-refractivity contribution in [2.75, 3.05) is 12.3 Å². The number of aliphatic hydroxyl groups excluding tert-OH is 3. The van der Waals surface area contributed by atoms with E-state index in [4.69, 9.17) is 41.3 Å². The molecule has 0 bridgehead atoms. The van der Waals surface area contributed by atoms with E-state index in [1.165, 1.54) is 6.33 Å². The molecule has 0 radical (unpaired) electrons. The standard InChI is InChI=1S/C5H13O14P3.C4H6N4O/c6-3-2(17-5(8)4(3)7)1-16-21(12,13)19-22(14,15)18-20(9,10)11;5-3-2(4(6)9)7-1-8-3/h2-8H,1H2,(H,12,13)(H,14,15)(H2,9,10,11);1H,5H2,(H2,6,9)(H,7,8)/t2-,3-,4-,5?;/m1./s1. The topological polar surface area (TPSA) is 328 Å². The maximum Gasteiger partial charge on any atom is 0.490 e. The van der Waals surface area contributed by atoms with Gasteiger partial charge in [0.1, 0.15) is 24.0 Å². The highest BCUT2D eigenvalue weighted by Crippen LogP contribution is 2.66. The molecule has 2 heterocycles. The Kier molecular flexibility index (Phi) is 9.46. The second-order valence-corrected chi connectivity index (χ2v) is 9.88. The number of imidazole rings is 1. The van der Waals surface area contributed by atoms with E-state index < -0.39 is 60.6 Å². The summed E-state index contributed by atoms with van der Waals surface area (Å²) in [6.45, 7) is -0.973. The third-order valence-electron chi connectivity index (χ3n) is 3.07. The molecule has 6 atom stereocenters. The van der Waals surface area contributed by atoms with Crippen LogP contribution < -0.4 is 11.5 Å². The number of hydrogen-bond donors (Lipinski definition) is 10. The Bertz CT molecular complexity index is 902. The number of H-pyrrole nitrogens is 1. The van der Waals surface area contributed by atoms with Crippen LogP contribution in [0, 0.1) is 0 Å². The first-order valence-electron chi connectivity index (χ1n) is 7.51. The van der Waals surface area contributed by atoms with Crippen LogP contribution in [0.25, 0.3) is 0 Å². The number of nitrogens with zero attached hydrogens (tertiary/aromatic N) is 1. The molecule has 0 spiro atoms. The second-order valence-electron chi connectivity index (χ2n) is 5.46. The van der Waals surface area contributed by atoms with E-state index in [-0.39, 0.29) is 11.5 Å². The lowest BCUT2D eigenvalue weighted by Gasteiger charge is -2.18. The molecule has 22 heteroatoms. The SMILES string of the molecule is NC(=O)c1[nH]cnc1N.O=P(O)(O)OP(=O)(O)OP(=O)(O)OC[C@H]1OC(O)[C@H](O)[C@@H]1O. The van der Waals surface area contributed by atoms with E-state index >= 15 is 0 Å². The molecule has 31 heavy (non-hydrogen) atoms. The van der Waals surface area contributed by atoms with Crippen molar-refractivity contribution in [3.05, 3.63) is 12.0 Å². The molecular formula is C9H19N4O15P3. The number of nitrogens with one attached hydrogen (secondary N) is 1. The molecule has 2 rings (SSSR count). The minimum atomic E-state index is -5.64. The minimum absolute atomic E-state index is 0.141. The Morgan fingerprint density at radius 2 is 1.68 bits per heavy atom. The average Bonchev–Trinajstić information content (AvgIpc) is 3.09. The number of anilines is 1. The Hall–Kier alpha value is -1.27. The molecule has 180 valence electrons. The number of hydrogen-bond acceptors (Lipinski definition) is 13. The van der Waals surface area contributed by atoms with Crippen molar-refractivity contribution in [2.45, 2.75) is 24.6 Å². The third kappa shape index (κ3) is 9.40. The van der Waals surface area contributed by atoms with Crippen molar-refractivity contribution < 1.29 is 71.3 Å². The summed E-state index contributed by atoms with van der Waals surface area (Å²) in [6, 6.07) is 0. The second kappa shape index (κ2) is 10.6. The molecule has 1 aromatic rings. The lowest BCUT2D eigenvalue weighted by atomic mass is 10.1. The van der Waals surface area contributed by atoms with Gasteiger partial charge in [0.15, 0.2) is 12.1 Å². The maximum atomic E-state index is 11.3. The molecule has 1 saturated heterocycles. The molecular weight excluding hydrogens is 497 g/mol. The van der Waals surface area contributed by atoms with Crippen molar-refractivity contribution in [1.29, 1.82) is 0 Å². The zero-order valence-corrected chi connectivity index (χ0v) is 17.6. The van der Waals surface area contributed by atoms with Gasteiger partial charge in [0.2, 0.25) is 0 Å². The van der Waals surface area contributed by atoms with Gasteiger partial charge in [-0.25, -0.2) is 18.7 Å². The van der Waals surface area contributed by atoms with Crippen molar-refractivity contribution in [3.8, 4) is 0 Å². The lowest BCUT2D eigenvalue weighted by molar-refractivity contribution is -0.132. The van der Waals surface area contributed by atoms with Gasteiger partial charge in [0, 0.05) is 0 Å². The molecule has 1 fully saturated rings. The summed E-state index contributed by atoms with van der Waals surface area (Å²) in [5, 5.41) is 27.5. The molecule has 0 saturated carbocycles. The van der Waals surface area contributed by atoms with Crippen LogP contribution in [0.1, 0.15) is 10.5 Å². The van der Waals surface area contributed by atoms with Crippen LogP contribution in [0.3, 0.4) is 0 Å². The number of aliphatic hydroxyl groups is 3. The predicted molar refractivity (Wildman–Crippen MR) is 94.2 cm³/mol. The molecule has 0 aromatic carbocycles. The van der Waals surface area contributed by atoms with E-state index in [2.05, 4.69) is 27.8 Å². The van der Waals surface area contributed by atoms with Crippen molar-refractivity contribution >= 4 is 35.2 Å². The van der Waals surface area contributed by atoms with Crippen molar-refractivity contribution in [2.24, 2.45) is 5.73 Å². The van der Waals surface area contributed by atoms with Gasteiger partial charge in [0.05, 0.1) is 12.9 Å². The Morgan fingerprint density at radius 3 is 2.03 bits per heavy atom. The maximum absolute atomic E-state index is 11.3. The van der Waals surface area contributed by atoms with Crippen LogP contribution in [-0.2, 0) is 31.6 Å². The summed E-state index contributed by atoms with van der Waals surface area (Å²) in [5.41, 5.74) is 10.2. The largest absolute Gasteiger partial charge is 0.490 e. The van der Waals surface area contributed by atoms with E-state index in [9.17, 15) is 23.6 Å². The van der Waals surface area contributed by atoms with Crippen molar-refractivity contribution in [3.63, 3.8) is 0 Å². The number of carbonyl (C=O) groups is 1. The van der Waals surface area contributed by atoms with Gasteiger partial charge in [0.25, 0.3) is 5.91 Å². The number of aromatic nitrogens is 2. The number of amides is 1. The minimum Gasteiger partial charge on any atom is -0.387 e. The monoisotopic (exact) mass is 516 g/mol. The van der Waals surface area contributed by atoms with Crippen LogP contribution in [0.4, 0.5) is 5.82 Å². The molecule has 12 N–H and O–H groups in total. The van der Waals surface area contributed by atoms with Gasteiger partial charge in [-0.05, 0) is 0 Å². The molecule has 1 aliphatic heterocycles. The van der Waals surface area contributed by atoms with Gasteiger partial charge < -0.3 is 56.1 Å². The highest BCUT2D eigenvalue weighted by molar-refractivity contribution is 7.66. The first-order valence-corrected chi connectivity index (χ1v) is 12.0. The average molecular weight is 516 g/mol. The molecule has 1 aromatic heterocycles. The molecule has 1 amide bonds. The number of phosphoric acid groups is 3. The number of aromatic amines is 1. The highest BCUT2D eigenvalue weighted by Gasteiger charge is 2.45. The van der Waals surface area contributed by atoms with Crippen LogP contribution in [0.15, 0.2) is 6.33 Å². The summed E-state index contributed by atoms with van der Waals surface area (Å²) in [6.07, 6.45) is -5.36. The number of ether oxygens (including phenoxy) is 1. The summed E-state index contributed by atoms with van der Waals surface area (Å²) >= 11 is 0. The first-order chi connectivity index (χ1) is 13.9. The van der Waals surface area contributed by atoms with Gasteiger partial charge in [-0.3, -0.25) is 9.32 Å². The third-order valence-corrected chi connectivity index (χ3v) is 6.87. The Balaban J connectivity index is 0.000000442. The summed E-state index contributed by atoms with van der Waals surface area (Å²) in [7, 11) is -16.5. The van der Waals surface area contributed by atoms with Gasteiger partial charge in [-0.1, -0.05) is 0 Å². The fourth-order valence-electron chi connectivity index (χ4n) is 1.84. The number of nitrogens with two attached hydrogens (primary N) is 2. The normalized spacial score (nSPS) is 27.6. The number of phosphoric ester groups is 1. The summed E-state index contributed by atoms with van der Waals surface area (Å²) in [5.74, 6) is -0.451. The van der Waals surface area contributed by atoms with Crippen LogP contribution in [0.2, 0.25) is 0 Å². The fraction of sp³-hybridized carbons (Fsp3) is 0.556. The quantitative estimate of drug-likeness (QED) is 0.153. The molecule has 3 unspecified atom stereocenters. The smallest absolute Gasteiger partial charge is 0.387 e. The fourth-order valence-corrected chi connectivity index (χ4v) is 4.87. The summed E-state index contributed by atoms with van der Waals surface area (Å²) < 4.78 is 48.3. The predicted octanol–water partition coefficient (Wildman–Crippen LogP) is -3.14. The number of primary amides is 1.